The lowest BCUT2D eigenvalue weighted by Crippen LogP contribution is -2.47. The molecule has 0 aliphatic carbocycles. The number of esters is 1. The number of nitrogens with zero attached hydrogens (tertiary/aromatic N) is 2. The zero-order chi connectivity index (χ0) is 25.0. The van der Waals surface area contributed by atoms with Crippen LogP contribution in [0.3, 0.4) is 0 Å². The van der Waals surface area contributed by atoms with E-state index in [-0.39, 0.29) is 18.6 Å². The largest absolute Gasteiger partial charge is 0.495 e. The SMILES string of the molecule is COC(=O)C(C)(C)OC(=O)N1CCc2cc(OCc3nc(C)ccc3OC)ccc2C1C(C)C. The molecule has 1 amide bonds. The van der Waals surface area contributed by atoms with E-state index < -0.39 is 17.7 Å². The summed E-state index contributed by atoms with van der Waals surface area (Å²) in [6.45, 7) is 9.87. The highest BCUT2D eigenvalue weighted by Gasteiger charge is 2.39. The zero-order valence-electron chi connectivity index (χ0n) is 21.0. The summed E-state index contributed by atoms with van der Waals surface area (Å²) >= 11 is 0. The van der Waals surface area contributed by atoms with E-state index in [1.54, 1.807) is 12.0 Å². The molecule has 1 aliphatic rings. The summed E-state index contributed by atoms with van der Waals surface area (Å²) in [5.41, 5.74) is 2.44. The van der Waals surface area contributed by atoms with E-state index in [1.165, 1.54) is 21.0 Å². The number of benzene rings is 1. The van der Waals surface area contributed by atoms with Gasteiger partial charge in [0, 0.05) is 12.2 Å². The molecular weight excluding hydrogens is 436 g/mol. The highest BCUT2D eigenvalue weighted by Crippen LogP contribution is 2.38. The quantitative estimate of drug-likeness (QED) is 0.546. The number of carbonyl (C=O) groups excluding carboxylic acids is 2. The van der Waals surface area contributed by atoms with Crippen LogP contribution in [0.1, 0.15) is 56.3 Å². The van der Waals surface area contributed by atoms with Gasteiger partial charge in [0.05, 0.1) is 20.3 Å². The number of aromatic nitrogens is 1. The minimum Gasteiger partial charge on any atom is -0.495 e. The number of ether oxygens (including phenoxy) is 4. The number of pyridine rings is 1. The molecule has 8 nitrogen and oxygen atoms in total. The molecule has 0 saturated heterocycles. The van der Waals surface area contributed by atoms with Gasteiger partial charge in [-0.05, 0) is 68.5 Å². The van der Waals surface area contributed by atoms with Gasteiger partial charge in [0.25, 0.3) is 0 Å². The number of hydrogen-bond acceptors (Lipinski definition) is 7. The summed E-state index contributed by atoms with van der Waals surface area (Å²) in [5, 5.41) is 0. The van der Waals surface area contributed by atoms with Gasteiger partial charge < -0.3 is 23.8 Å². The van der Waals surface area contributed by atoms with Gasteiger partial charge in [-0.2, -0.15) is 0 Å². The normalized spacial score (nSPS) is 15.5. The van der Waals surface area contributed by atoms with Gasteiger partial charge in [-0.15, -0.1) is 0 Å². The van der Waals surface area contributed by atoms with E-state index in [0.29, 0.717) is 18.7 Å². The Kier molecular flexibility index (Phi) is 7.69. The molecule has 2 aromatic rings. The third-order valence-electron chi connectivity index (χ3n) is 5.94. The molecule has 184 valence electrons. The fourth-order valence-corrected chi connectivity index (χ4v) is 4.25. The summed E-state index contributed by atoms with van der Waals surface area (Å²) in [4.78, 5) is 31.2. The summed E-state index contributed by atoms with van der Waals surface area (Å²) in [6, 6.07) is 9.53. The van der Waals surface area contributed by atoms with Crippen LogP contribution in [0.15, 0.2) is 30.3 Å². The van der Waals surface area contributed by atoms with E-state index in [0.717, 1.165) is 28.3 Å². The van der Waals surface area contributed by atoms with E-state index in [1.807, 2.05) is 37.3 Å². The lowest BCUT2D eigenvalue weighted by molar-refractivity contribution is -0.160. The first-order valence-electron chi connectivity index (χ1n) is 11.4. The van der Waals surface area contributed by atoms with Gasteiger partial charge in [0.2, 0.25) is 5.60 Å². The van der Waals surface area contributed by atoms with Crippen LogP contribution in [0.25, 0.3) is 0 Å². The van der Waals surface area contributed by atoms with Gasteiger partial charge in [-0.1, -0.05) is 19.9 Å². The number of methoxy groups -OCH3 is 2. The van der Waals surface area contributed by atoms with E-state index in [9.17, 15) is 9.59 Å². The average molecular weight is 471 g/mol. The standard InChI is InChI=1S/C26H34N2O6/c1-16(2)23-20-10-9-19(33-15-21-22(31-6)11-8-17(3)27-21)14-18(20)12-13-28(23)25(30)34-26(4,5)24(29)32-7/h8-11,14,16,23H,12-13,15H2,1-7H3. The zero-order valence-corrected chi connectivity index (χ0v) is 21.0. The Hall–Kier alpha value is -3.29. The van der Waals surface area contributed by atoms with Crippen LogP contribution < -0.4 is 9.47 Å². The second-order valence-corrected chi connectivity index (χ2v) is 9.25. The van der Waals surface area contributed by atoms with Crippen LogP contribution in [0.2, 0.25) is 0 Å². The van der Waals surface area contributed by atoms with Crippen molar-refractivity contribution in [2.24, 2.45) is 5.92 Å². The Balaban J connectivity index is 1.79. The van der Waals surface area contributed by atoms with Gasteiger partial charge in [0.1, 0.15) is 23.8 Å². The monoisotopic (exact) mass is 470 g/mol. The van der Waals surface area contributed by atoms with Crippen LogP contribution in [-0.2, 0) is 27.3 Å². The van der Waals surface area contributed by atoms with Crippen LogP contribution >= 0.6 is 0 Å². The van der Waals surface area contributed by atoms with Crippen LogP contribution in [0, 0.1) is 12.8 Å². The maximum Gasteiger partial charge on any atom is 0.411 e. The third-order valence-corrected chi connectivity index (χ3v) is 5.94. The van der Waals surface area contributed by atoms with E-state index in [4.69, 9.17) is 18.9 Å². The number of aryl methyl sites for hydroxylation is 1. The van der Waals surface area contributed by atoms with Gasteiger partial charge in [-0.25, -0.2) is 9.59 Å². The third kappa shape index (κ3) is 5.43. The van der Waals surface area contributed by atoms with Crippen LogP contribution in [-0.4, -0.2) is 48.3 Å². The predicted molar refractivity (Wildman–Crippen MR) is 127 cm³/mol. The molecule has 0 radical (unpaired) electrons. The van der Waals surface area contributed by atoms with Crippen LogP contribution in [0.5, 0.6) is 11.5 Å². The van der Waals surface area contributed by atoms with Crippen molar-refractivity contribution in [3.05, 3.63) is 52.8 Å². The van der Waals surface area contributed by atoms with Crippen molar-refractivity contribution >= 4 is 12.1 Å². The molecular formula is C26H34N2O6. The molecule has 0 spiro atoms. The van der Waals surface area contributed by atoms with Crippen molar-refractivity contribution in [1.82, 2.24) is 9.88 Å². The minimum absolute atomic E-state index is 0.139. The fraction of sp³-hybridized carbons (Fsp3) is 0.500. The fourth-order valence-electron chi connectivity index (χ4n) is 4.25. The Labute approximate surface area is 201 Å². The summed E-state index contributed by atoms with van der Waals surface area (Å²) in [5.74, 6) is 0.961. The molecule has 1 aliphatic heterocycles. The average Bonchev–Trinajstić information content (AvgIpc) is 2.80. The molecule has 1 aromatic carbocycles. The predicted octanol–water partition coefficient (Wildman–Crippen LogP) is 4.62. The van der Waals surface area contributed by atoms with Crippen molar-refractivity contribution in [1.29, 1.82) is 0 Å². The first-order chi connectivity index (χ1) is 16.1. The Morgan fingerprint density at radius 3 is 2.56 bits per heavy atom. The van der Waals surface area contributed by atoms with Gasteiger partial charge >= 0.3 is 12.1 Å². The van der Waals surface area contributed by atoms with Crippen molar-refractivity contribution in [2.75, 3.05) is 20.8 Å². The summed E-state index contributed by atoms with van der Waals surface area (Å²) in [7, 11) is 2.89. The van der Waals surface area contributed by atoms with Crippen molar-refractivity contribution in [2.45, 2.75) is 59.3 Å². The minimum atomic E-state index is -1.36. The molecule has 3 rings (SSSR count). The van der Waals surface area contributed by atoms with Crippen molar-refractivity contribution in [3.8, 4) is 11.5 Å². The molecule has 0 bridgehead atoms. The maximum absolute atomic E-state index is 13.0. The lowest BCUT2D eigenvalue weighted by Gasteiger charge is -2.40. The molecule has 1 aromatic heterocycles. The Morgan fingerprint density at radius 1 is 1.18 bits per heavy atom. The molecule has 8 heteroatoms. The number of hydrogen-bond donors (Lipinski definition) is 0. The number of amides is 1. The molecule has 0 saturated carbocycles. The van der Waals surface area contributed by atoms with Crippen LogP contribution in [0.4, 0.5) is 4.79 Å². The topological polar surface area (TPSA) is 87.2 Å². The smallest absolute Gasteiger partial charge is 0.411 e. The van der Waals surface area contributed by atoms with E-state index >= 15 is 0 Å². The lowest BCUT2D eigenvalue weighted by atomic mass is 9.86. The molecule has 34 heavy (non-hydrogen) atoms. The number of fused-ring (bicyclic) bond motifs is 1. The maximum atomic E-state index is 13.0. The first kappa shape index (κ1) is 25.3. The van der Waals surface area contributed by atoms with Crippen molar-refractivity contribution < 1.29 is 28.5 Å². The second-order valence-electron chi connectivity index (χ2n) is 9.25. The van der Waals surface area contributed by atoms with Gasteiger partial charge in [-0.3, -0.25) is 4.98 Å². The number of carbonyl (C=O) groups is 2. The van der Waals surface area contributed by atoms with Gasteiger partial charge in [0.15, 0.2) is 0 Å². The highest BCUT2D eigenvalue weighted by atomic mass is 16.6. The molecule has 0 N–H and O–H groups in total. The van der Waals surface area contributed by atoms with Crippen molar-refractivity contribution in [3.63, 3.8) is 0 Å². The summed E-state index contributed by atoms with van der Waals surface area (Å²) < 4.78 is 21.7. The second kappa shape index (κ2) is 10.3. The summed E-state index contributed by atoms with van der Waals surface area (Å²) in [6.07, 6.45) is 0.118. The Morgan fingerprint density at radius 2 is 1.91 bits per heavy atom. The first-order valence-corrected chi connectivity index (χ1v) is 11.4. The molecule has 0 fully saturated rings. The molecule has 1 atom stereocenters. The molecule has 1 unspecified atom stereocenters. The highest BCUT2D eigenvalue weighted by molar-refractivity contribution is 5.82. The molecule has 2 heterocycles. The number of rotatable bonds is 7. The van der Waals surface area contributed by atoms with E-state index in [2.05, 4.69) is 18.8 Å². The Bertz CT molecular complexity index is 1050.